The lowest BCUT2D eigenvalue weighted by atomic mass is 10.2. The van der Waals surface area contributed by atoms with Gasteiger partial charge in [0.15, 0.2) is 0 Å². The van der Waals surface area contributed by atoms with Crippen molar-refractivity contribution >= 4 is 34.1 Å². The molecule has 1 aromatic carbocycles. The molecule has 0 atom stereocenters. The fourth-order valence-corrected chi connectivity index (χ4v) is 2.96. The van der Waals surface area contributed by atoms with E-state index in [1.807, 2.05) is 19.3 Å². The Morgan fingerprint density at radius 3 is 3.05 bits per heavy atom. The highest BCUT2D eigenvalue weighted by Crippen LogP contribution is 2.23. The van der Waals surface area contributed by atoms with Crippen molar-refractivity contribution in [2.45, 2.75) is 13.0 Å². The molecule has 3 rings (SSSR count). The van der Waals surface area contributed by atoms with Crippen LogP contribution in [0.5, 0.6) is 0 Å². The largest absolute Gasteiger partial charge is 0.347 e. The van der Waals surface area contributed by atoms with E-state index in [-0.39, 0.29) is 0 Å². The highest BCUT2D eigenvalue weighted by molar-refractivity contribution is 7.11. The zero-order valence-corrected chi connectivity index (χ0v) is 12.9. The zero-order valence-electron chi connectivity index (χ0n) is 12.1. The summed E-state index contributed by atoms with van der Waals surface area (Å²) in [6.45, 7) is 2.07. The standard InChI is InChI=1S/C17H19N3S/c1-18-8-3-9-20-10-7-14-5-6-15(12-17(14)20)19-13-16-4-2-11-21-16/h2,4-7,10-13,18H,3,8-9H2,1H3. The van der Waals surface area contributed by atoms with Crippen molar-refractivity contribution in [2.75, 3.05) is 13.6 Å². The predicted octanol–water partition coefficient (Wildman–Crippen LogP) is 4.06. The first-order chi connectivity index (χ1) is 10.4. The van der Waals surface area contributed by atoms with Crippen LogP contribution in [0.1, 0.15) is 11.3 Å². The van der Waals surface area contributed by atoms with E-state index < -0.39 is 0 Å². The Bertz CT molecular complexity index is 726. The first kappa shape index (κ1) is 14.0. The molecule has 3 nitrogen and oxygen atoms in total. The molecule has 2 heterocycles. The second-order valence-corrected chi connectivity index (χ2v) is 5.96. The van der Waals surface area contributed by atoms with Crippen LogP contribution in [0.15, 0.2) is 53.0 Å². The number of benzene rings is 1. The third kappa shape index (κ3) is 3.40. The molecule has 0 aliphatic rings. The molecule has 0 amide bonds. The van der Waals surface area contributed by atoms with E-state index in [1.54, 1.807) is 11.3 Å². The summed E-state index contributed by atoms with van der Waals surface area (Å²) in [5.41, 5.74) is 2.26. The van der Waals surface area contributed by atoms with E-state index in [2.05, 4.69) is 56.8 Å². The van der Waals surface area contributed by atoms with Gasteiger partial charge in [-0.05, 0) is 55.0 Å². The molecule has 0 radical (unpaired) electrons. The minimum absolute atomic E-state index is 1.00. The molecule has 0 saturated heterocycles. The summed E-state index contributed by atoms with van der Waals surface area (Å²) in [5.74, 6) is 0. The number of nitrogens with zero attached hydrogens (tertiary/aromatic N) is 2. The van der Waals surface area contributed by atoms with E-state index in [0.717, 1.165) is 25.2 Å². The van der Waals surface area contributed by atoms with Crippen LogP contribution in [-0.4, -0.2) is 24.4 Å². The van der Waals surface area contributed by atoms with E-state index in [1.165, 1.54) is 15.8 Å². The Balaban J connectivity index is 1.82. The van der Waals surface area contributed by atoms with Crippen molar-refractivity contribution in [1.82, 2.24) is 9.88 Å². The van der Waals surface area contributed by atoms with Crippen molar-refractivity contribution in [3.8, 4) is 0 Å². The van der Waals surface area contributed by atoms with Crippen molar-refractivity contribution < 1.29 is 0 Å². The van der Waals surface area contributed by atoms with Gasteiger partial charge in [0.1, 0.15) is 0 Å². The summed E-state index contributed by atoms with van der Waals surface area (Å²) in [4.78, 5) is 5.76. The highest BCUT2D eigenvalue weighted by Gasteiger charge is 2.02. The van der Waals surface area contributed by atoms with Gasteiger partial charge in [-0.25, -0.2) is 0 Å². The molecule has 108 valence electrons. The van der Waals surface area contributed by atoms with Crippen molar-refractivity contribution in [2.24, 2.45) is 4.99 Å². The molecule has 2 aromatic heterocycles. The lowest BCUT2D eigenvalue weighted by Gasteiger charge is -2.05. The van der Waals surface area contributed by atoms with Crippen LogP contribution in [0.25, 0.3) is 10.9 Å². The molecule has 4 heteroatoms. The van der Waals surface area contributed by atoms with Gasteiger partial charge in [-0.1, -0.05) is 12.1 Å². The summed E-state index contributed by atoms with van der Waals surface area (Å²) in [6, 6.07) is 12.7. The first-order valence-electron chi connectivity index (χ1n) is 7.18. The van der Waals surface area contributed by atoms with Gasteiger partial charge >= 0.3 is 0 Å². The van der Waals surface area contributed by atoms with Crippen LogP contribution < -0.4 is 5.32 Å². The maximum atomic E-state index is 4.58. The van der Waals surface area contributed by atoms with Crippen LogP contribution in [0.3, 0.4) is 0 Å². The van der Waals surface area contributed by atoms with Gasteiger partial charge in [0.05, 0.1) is 11.2 Å². The third-order valence-electron chi connectivity index (χ3n) is 3.47. The second kappa shape index (κ2) is 6.70. The van der Waals surface area contributed by atoms with Crippen LogP contribution >= 0.6 is 11.3 Å². The van der Waals surface area contributed by atoms with Crippen LogP contribution in [-0.2, 0) is 6.54 Å². The molecule has 0 fully saturated rings. The first-order valence-corrected chi connectivity index (χ1v) is 8.06. The SMILES string of the molecule is CNCCCn1ccc2ccc(N=Cc3cccs3)cc21. The van der Waals surface area contributed by atoms with Crippen molar-refractivity contribution in [3.05, 3.63) is 52.9 Å². The summed E-state index contributed by atoms with van der Waals surface area (Å²) in [6.07, 6.45) is 5.22. The van der Waals surface area contributed by atoms with Crippen LogP contribution in [0, 0.1) is 0 Å². The van der Waals surface area contributed by atoms with E-state index in [9.17, 15) is 0 Å². The van der Waals surface area contributed by atoms with Gasteiger partial charge in [0, 0.05) is 23.8 Å². The van der Waals surface area contributed by atoms with Gasteiger partial charge in [-0.15, -0.1) is 11.3 Å². The van der Waals surface area contributed by atoms with Crippen LogP contribution in [0.4, 0.5) is 5.69 Å². The number of aliphatic imine (C=N–C) groups is 1. The number of hydrogen-bond acceptors (Lipinski definition) is 3. The molecule has 21 heavy (non-hydrogen) atoms. The van der Waals surface area contributed by atoms with E-state index in [4.69, 9.17) is 0 Å². The lowest BCUT2D eigenvalue weighted by molar-refractivity contribution is 0.627. The average molecular weight is 297 g/mol. The fourth-order valence-electron chi connectivity index (χ4n) is 2.38. The topological polar surface area (TPSA) is 29.3 Å². The maximum absolute atomic E-state index is 4.58. The van der Waals surface area contributed by atoms with E-state index >= 15 is 0 Å². The lowest BCUT2D eigenvalue weighted by Crippen LogP contribution is -2.10. The monoisotopic (exact) mass is 297 g/mol. The Kier molecular flexibility index (Phi) is 4.48. The molecule has 0 spiro atoms. The van der Waals surface area contributed by atoms with Gasteiger partial charge < -0.3 is 9.88 Å². The minimum Gasteiger partial charge on any atom is -0.347 e. The number of nitrogens with one attached hydrogen (secondary N) is 1. The highest BCUT2D eigenvalue weighted by atomic mass is 32.1. The molecule has 0 aliphatic carbocycles. The van der Waals surface area contributed by atoms with Gasteiger partial charge in [0.2, 0.25) is 0 Å². The number of rotatable bonds is 6. The predicted molar refractivity (Wildman–Crippen MR) is 92.1 cm³/mol. The van der Waals surface area contributed by atoms with Gasteiger partial charge in [-0.3, -0.25) is 4.99 Å². The van der Waals surface area contributed by atoms with E-state index in [0.29, 0.717) is 0 Å². The molecule has 0 aliphatic heterocycles. The van der Waals surface area contributed by atoms with Gasteiger partial charge in [0.25, 0.3) is 0 Å². The second-order valence-electron chi connectivity index (χ2n) is 4.98. The molecule has 3 aromatic rings. The maximum Gasteiger partial charge on any atom is 0.0651 e. The average Bonchev–Trinajstić information content (AvgIpc) is 3.15. The quantitative estimate of drug-likeness (QED) is 0.539. The molecular weight excluding hydrogens is 278 g/mol. The molecule has 0 saturated carbocycles. The van der Waals surface area contributed by atoms with Crippen molar-refractivity contribution in [1.29, 1.82) is 0 Å². The molecule has 0 bridgehead atoms. The number of aryl methyl sites for hydroxylation is 1. The normalized spacial score (nSPS) is 11.7. The number of fused-ring (bicyclic) bond motifs is 1. The summed E-state index contributed by atoms with van der Waals surface area (Å²) in [7, 11) is 1.99. The summed E-state index contributed by atoms with van der Waals surface area (Å²) < 4.78 is 2.30. The number of thiophene rings is 1. The zero-order chi connectivity index (χ0) is 14.5. The third-order valence-corrected chi connectivity index (χ3v) is 4.27. The Morgan fingerprint density at radius 1 is 1.29 bits per heavy atom. The smallest absolute Gasteiger partial charge is 0.0651 e. The Hall–Kier alpha value is -1.91. The Labute approximate surface area is 128 Å². The van der Waals surface area contributed by atoms with Crippen molar-refractivity contribution in [3.63, 3.8) is 0 Å². The number of aromatic nitrogens is 1. The Morgan fingerprint density at radius 2 is 2.24 bits per heavy atom. The fraction of sp³-hybridized carbons (Fsp3) is 0.235. The molecule has 0 unspecified atom stereocenters. The minimum atomic E-state index is 1.00. The molecule has 1 N–H and O–H groups in total. The number of hydrogen-bond donors (Lipinski definition) is 1. The molecular formula is C17H19N3S. The summed E-state index contributed by atoms with van der Waals surface area (Å²) in [5, 5.41) is 6.53. The van der Waals surface area contributed by atoms with Crippen LogP contribution in [0.2, 0.25) is 0 Å². The summed E-state index contributed by atoms with van der Waals surface area (Å²) >= 11 is 1.70. The van der Waals surface area contributed by atoms with Gasteiger partial charge in [-0.2, -0.15) is 0 Å².